The van der Waals surface area contributed by atoms with Crippen molar-refractivity contribution < 1.29 is 24.1 Å². The van der Waals surface area contributed by atoms with E-state index in [9.17, 15) is 9.90 Å². The standard InChI is InChI=1S/C29H38N2O5/c1-20-9-6-7-10-24(20)25-11-8-12-29(18-32,21(25)2)19-36-23-15-27(34-4)26(28(16-23)35-5)17-30-13-14-31-22(3)33/h6-12,15-16,21,30,32H,13-14,17-19H2,1-5H3,(H,31,33). The first-order valence-corrected chi connectivity index (χ1v) is 12.2. The van der Waals surface area contributed by atoms with Crippen LogP contribution >= 0.6 is 0 Å². The second-order valence-corrected chi connectivity index (χ2v) is 9.16. The molecule has 7 heteroatoms. The molecule has 194 valence electrons. The number of amides is 1. The quantitative estimate of drug-likeness (QED) is 0.388. The second-order valence-electron chi connectivity index (χ2n) is 9.16. The van der Waals surface area contributed by atoms with Gasteiger partial charge in [-0.1, -0.05) is 49.4 Å². The van der Waals surface area contributed by atoms with Crippen LogP contribution in [0.1, 0.15) is 30.5 Å². The number of aryl methyl sites for hydroxylation is 1. The summed E-state index contributed by atoms with van der Waals surface area (Å²) in [6.45, 7) is 7.65. The number of allylic oxidation sites excluding steroid dienone is 3. The molecule has 2 atom stereocenters. The highest BCUT2D eigenvalue weighted by molar-refractivity contribution is 5.73. The van der Waals surface area contributed by atoms with Gasteiger partial charge in [-0.05, 0) is 29.5 Å². The smallest absolute Gasteiger partial charge is 0.216 e. The number of aliphatic hydroxyl groups is 1. The average molecular weight is 495 g/mol. The number of carbonyl (C=O) groups excluding carboxylic acids is 1. The van der Waals surface area contributed by atoms with Gasteiger partial charge < -0.3 is 30.0 Å². The topological polar surface area (TPSA) is 89.1 Å². The Hall–Kier alpha value is -3.29. The predicted octanol–water partition coefficient (Wildman–Crippen LogP) is 3.88. The summed E-state index contributed by atoms with van der Waals surface area (Å²) in [6, 6.07) is 12.0. The monoisotopic (exact) mass is 494 g/mol. The summed E-state index contributed by atoms with van der Waals surface area (Å²) in [6.07, 6.45) is 6.18. The minimum absolute atomic E-state index is 0.0432. The van der Waals surface area contributed by atoms with Crippen LogP contribution in [-0.4, -0.2) is 51.5 Å². The van der Waals surface area contributed by atoms with Gasteiger partial charge in [-0.15, -0.1) is 0 Å². The van der Waals surface area contributed by atoms with Crippen molar-refractivity contribution in [3.8, 4) is 17.2 Å². The Kier molecular flexibility index (Phi) is 9.56. The lowest BCUT2D eigenvalue weighted by atomic mass is 9.69. The molecule has 0 aromatic heterocycles. The van der Waals surface area contributed by atoms with Gasteiger partial charge >= 0.3 is 0 Å². The van der Waals surface area contributed by atoms with Crippen molar-refractivity contribution in [2.75, 3.05) is 40.5 Å². The average Bonchev–Trinajstić information content (AvgIpc) is 2.88. The number of ether oxygens (including phenoxy) is 3. The van der Waals surface area contributed by atoms with Gasteiger partial charge in [0.1, 0.15) is 23.9 Å². The first-order valence-electron chi connectivity index (χ1n) is 12.2. The minimum Gasteiger partial charge on any atom is -0.496 e. The molecular weight excluding hydrogens is 456 g/mol. The fourth-order valence-corrected chi connectivity index (χ4v) is 4.55. The molecule has 36 heavy (non-hydrogen) atoms. The molecule has 0 saturated heterocycles. The third kappa shape index (κ3) is 6.28. The zero-order valence-electron chi connectivity index (χ0n) is 21.9. The van der Waals surface area contributed by atoms with Crippen molar-refractivity contribution in [1.29, 1.82) is 0 Å². The van der Waals surface area contributed by atoms with Crippen LogP contribution < -0.4 is 24.8 Å². The lowest BCUT2D eigenvalue weighted by molar-refractivity contribution is -0.118. The Balaban J connectivity index is 1.76. The fraction of sp³-hybridized carbons (Fsp3) is 0.414. The molecule has 0 saturated carbocycles. The van der Waals surface area contributed by atoms with Gasteiger partial charge in [-0.25, -0.2) is 0 Å². The summed E-state index contributed by atoms with van der Waals surface area (Å²) >= 11 is 0. The van der Waals surface area contributed by atoms with Crippen LogP contribution in [0.3, 0.4) is 0 Å². The third-order valence-electron chi connectivity index (χ3n) is 6.85. The maximum atomic E-state index is 11.0. The molecule has 0 fully saturated rings. The zero-order chi connectivity index (χ0) is 26.1. The summed E-state index contributed by atoms with van der Waals surface area (Å²) in [5.41, 5.74) is 3.86. The Morgan fingerprint density at radius 2 is 1.81 bits per heavy atom. The van der Waals surface area contributed by atoms with E-state index >= 15 is 0 Å². The number of hydrogen-bond acceptors (Lipinski definition) is 6. The van der Waals surface area contributed by atoms with Crippen LogP contribution in [0.25, 0.3) is 5.57 Å². The molecule has 0 aliphatic heterocycles. The summed E-state index contributed by atoms with van der Waals surface area (Å²) in [5, 5.41) is 16.6. The summed E-state index contributed by atoms with van der Waals surface area (Å²) < 4.78 is 17.5. The van der Waals surface area contributed by atoms with Gasteiger partial charge in [-0.2, -0.15) is 0 Å². The lowest BCUT2D eigenvalue weighted by Gasteiger charge is -2.38. The van der Waals surface area contributed by atoms with E-state index in [-0.39, 0.29) is 18.4 Å². The molecule has 2 aromatic carbocycles. The number of rotatable bonds is 12. The maximum absolute atomic E-state index is 11.0. The van der Waals surface area contributed by atoms with E-state index in [1.165, 1.54) is 23.6 Å². The Morgan fingerprint density at radius 1 is 1.11 bits per heavy atom. The fourth-order valence-electron chi connectivity index (χ4n) is 4.55. The summed E-state index contributed by atoms with van der Waals surface area (Å²) in [7, 11) is 3.22. The Morgan fingerprint density at radius 3 is 2.42 bits per heavy atom. The van der Waals surface area contributed by atoms with Gasteiger partial charge in [0.25, 0.3) is 0 Å². The first-order chi connectivity index (χ1) is 17.3. The van der Waals surface area contributed by atoms with E-state index in [2.05, 4.69) is 42.7 Å². The second kappa shape index (κ2) is 12.6. The van der Waals surface area contributed by atoms with E-state index in [4.69, 9.17) is 14.2 Å². The van der Waals surface area contributed by atoms with Gasteiger partial charge in [0.2, 0.25) is 5.91 Å². The number of carbonyl (C=O) groups is 1. The van der Waals surface area contributed by atoms with Crippen molar-refractivity contribution in [2.24, 2.45) is 11.3 Å². The highest BCUT2D eigenvalue weighted by Crippen LogP contribution is 2.43. The Labute approximate surface area is 214 Å². The molecule has 2 aromatic rings. The SMILES string of the molecule is COc1cc(OCC2(CO)C=CC=C(c3ccccc3C)C2C)cc(OC)c1CNCCNC(C)=O. The van der Waals surface area contributed by atoms with Crippen LogP contribution in [0.5, 0.6) is 17.2 Å². The zero-order valence-corrected chi connectivity index (χ0v) is 21.9. The molecule has 1 aliphatic rings. The number of hydrogen-bond donors (Lipinski definition) is 3. The van der Waals surface area contributed by atoms with E-state index < -0.39 is 5.41 Å². The van der Waals surface area contributed by atoms with Crippen LogP contribution in [0, 0.1) is 18.3 Å². The van der Waals surface area contributed by atoms with Gasteiger partial charge in [0.15, 0.2) is 0 Å². The van der Waals surface area contributed by atoms with Crippen molar-refractivity contribution in [3.05, 3.63) is 71.3 Å². The van der Waals surface area contributed by atoms with Crippen LogP contribution in [-0.2, 0) is 11.3 Å². The summed E-state index contributed by atoms with van der Waals surface area (Å²) in [4.78, 5) is 11.0. The van der Waals surface area contributed by atoms with Crippen LogP contribution in [0.15, 0.2) is 54.6 Å². The van der Waals surface area contributed by atoms with Crippen molar-refractivity contribution in [2.45, 2.75) is 27.3 Å². The summed E-state index contributed by atoms with van der Waals surface area (Å²) in [5.74, 6) is 1.87. The molecule has 2 unspecified atom stereocenters. The maximum Gasteiger partial charge on any atom is 0.216 e. The molecule has 0 spiro atoms. The highest BCUT2D eigenvalue weighted by atomic mass is 16.5. The molecule has 3 N–H and O–H groups in total. The molecule has 0 radical (unpaired) electrons. The van der Waals surface area contributed by atoms with Gasteiger partial charge in [0, 0.05) is 38.7 Å². The lowest BCUT2D eigenvalue weighted by Crippen LogP contribution is -2.39. The van der Waals surface area contributed by atoms with Crippen molar-refractivity contribution in [3.63, 3.8) is 0 Å². The third-order valence-corrected chi connectivity index (χ3v) is 6.85. The molecule has 3 rings (SSSR count). The molecule has 0 heterocycles. The number of benzene rings is 2. The molecule has 7 nitrogen and oxygen atoms in total. The normalized spacial score (nSPS) is 18.9. The number of aliphatic hydroxyl groups excluding tert-OH is 1. The van der Waals surface area contributed by atoms with Crippen LogP contribution in [0.2, 0.25) is 0 Å². The highest BCUT2D eigenvalue weighted by Gasteiger charge is 2.38. The van der Waals surface area contributed by atoms with Gasteiger partial charge in [-0.3, -0.25) is 4.79 Å². The number of methoxy groups -OCH3 is 2. The minimum atomic E-state index is -0.573. The Bertz CT molecular complexity index is 1090. The van der Waals surface area contributed by atoms with Crippen molar-refractivity contribution >= 4 is 11.5 Å². The largest absolute Gasteiger partial charge is 0.496 e. The molecule has 1 aliphatic carbocycles. The van der Waals surface area contributed by atoms with Crippen molar-refractivity contribution in [1.82, 2.24) is 10.6 Å². The molecule has 1 amide bonds. The molecule has 0 bridgehead atoms. The van der Waals surface area contributed by atoms with E-state index in [0.717, 1.165) is 5.56 Å². The van der Waals surface area contributed by atoms with E-state index in [1.54, 1.807) is 14.2 Å². The molecular formula is C29H38N2O5. The number of nitrogens with one attached hydrogen (secondary N) is 2. The van der Waals surface area contributed by atoms with E-state index in [0.29, 0.717) is 43.5 Å². The predicted molar refractivity (Wildman–Crippen MR) is 142 cm³/mol. The van der Waals surface area contributed by atoms with Gasteiger partial charge in [0.05, 0.1) is 31.8 Å². The van der Waals surface area contributed by atoms with E-state index in [1.807, 2.05) is 36.4 Å². The first kappa shape index (κ1) is 27.3. The van der Waals surface area contributed by atoms with Crippen LogP contribution in [0.4, 0.5) is 0 Å².